The minimum Gasteiger partial charge on any atom is -0.493 e. The molecule has 0 fully saturated rings. The molecule has 9 heteroatoms. The van der Waals surface area contributed by atoms with Gasteiger partial charge in [-0.3, -0.25) is 14.5 Å². The molecule has 0 saturated carbocycles. The summed E-state index contributed by atoms with van der Waals surface area (Å²) in [5.74, 6) is -0.764. The van der Waals surface area contributed by atoms with E-state index in [1.807, 2.05) is 30.3 Å². The van der Waals surface area contributed by atoms with Gasteiger partial charge in [-0.25, -0.2) is 4.79 Å². The van der Waals surface area contributed by atoms with E-state index in [4.69, 9.17) is 14.2 Å². The van der Waals surface area contributed by atoms with E-state index in [9.17, 15) is 14.4 Å². The second kappa shape index (κ2) is 10.4. The standard InChI is InChI=1S/C25H21BrN2O6/c1-32-21-12-17(11-18(26)24(21)33-14-16-7-3-2-4-8-16)25(31)34-15-23(30)28-13-22(29)27-19-9-5-6-10-20(19)28/h2-12H,13-15H2,1H3,(H,27,29). The number of para-hydroxylation sites is 2. The lowest BCUT2D eigenvalue weighted by Crippen LogP contribution is -2.44. The Balaban J connectivity index is 1.43. The molecule has 0 aliphatic carbocycles. The number of hydrogen-bond donors (Lipinski definition) is 1. The van der Waals surface area contributed by atoms with Gasteiger partial charge >= 0.3 is 5.97 Å². The highest BCUT2D eigenvalue weighted by atomic mass is 79.9. The van der Waals surface area contributed by atoms with Crippen LogP contribution in [0.3, 0.4) is 0 Å². The van der Waals surface area contributed by atoms with Crippen molar-refractivity contribution in [3.05, 3.63) is 82.3 Å². The van der Waals surface area contributed by atoms with Crippen LogP contribution in [0.1, 0.15) is 15.9 Å². The van der Waals surface area contributed by atoms with E-state index in [0.717, 1.165) is 5.56 Å². The summed E-state index contributed by atoms with van der Waals surface area (Å²) in [5.41, 5.74) is 2.23. The minimum atomic E-state index is -0.711. The molecule has 0 aromatic heterocycles. The first-order chi connectivity index (χ1) is 16.5. The molecule has 4 rings (SSSR count). The molecule has 0 saturated heterocycles. The summed E-state index contributed by atoms with van der Waals surface area (Å²) in [6, 6.07) is 19.6. The van der Waals surface area contributed by atoms with Gasteiger partial charge < -0.3 is 19.5 Å². The SMILES string of the molecule is COc1cc(C(=O)OCC(=O)N2CC(=O)Nc3ccccc32)cc(Br)c1OCc1ccccc1. The van der Waals surface area contributed by atoms with E-state index in [0.29, 0.717) is 34.0 Å². The Bertz CT molecular complexity index is 1230. The molecule has 8 nitrogen and oxygen atoms in total. The molecule has 174 valence electrons. The minimum absolute atomic E-state index is 0.153. The lowest BCUT2D eigenvalue weighted by Gasteiger charge is -2.28. The van der Waals surface area contributed by atoms with Crippen molar-refractivity contribution in [3.8, 4) is 11.5 Å². The van der Waals surface area contributed by atoms with Crippen molar-refractivity contribution in [2.24, 2.45) is 0 Å². The van der Waals surface area contributed by atoms with Crippen molar-refractivity contribution in [3.63, 3.8) is 0 Å². The fraction of sp³-hybridized carbons (Fsp3) is 0.160. The van der Waals surface area contributed by atoms with Crippen molar-refractivity contribution < 1.29 is 28.6 Å². The van der Waals surface area contributed by atoms with Gasteiger partial charge in [-0.05, 0) is 45.8 Å². The summed E-state index contributed by atoms with van der Waals surface area (Å²) >= 11 is 3.42. The van der Waals surface area contributed by atoms with Crippen LogP contribution in [0.2, 0.25) is 0 Å². The van der Waals surface area contributed by atoms with Crippen LogP contribution < -0.4 is 19.7 Å². The monoisotopic (exact) mass is 524 g/mol. The number of hydrogen-bond acceptors (Lipinski definition) is 6. The number of amides is 2. The van der Waals surface area contributed by atoms with E-state index in [-0.39, 0.29) is 18.0 Å². The number of anilines is 2. The summed E-state index contributed by atoms with van der Waals surface area (Å²) in [7, 11) is 1.47. The van der Waals surface area contributed by atoms with E-state index < -0.39 is 18.5 Å². The first kappa shape index (κ1) is 23.3. The zero-order valence-electron chi connectivity index (χ0n) is 18.2. The summed E-state index contributed by atoms with van der Waals surface area (Å²) in [6.07, 6.45) is 0. The Morgan fingerprint density at radius 3 is 2.56 bits per heavy atom. The number of nitrogens with one attached hydrogen (secondary N) is 1. The van der Waals surface area contributed by atoms with Crippen LogP contribution in [-0.4, -0.2) is 38.0 Å². The maximum Gasteiger partial charge on any atom is 0.338 e. The summed E-state index contributed by atoms with van der Waals surface area (Å²) in [6.45, 7) is -0.355. The molecule has 0 bridgehead atoms. The Labute approximate surface area is 204 Å². The fourth-order valence-electron chi connectivity index (χ4n) is 3.45. The van der Waals surface area contributed by atoms with Gasteiger partial charge in [0.2, 0.25) is 5.91 Å². The predicted molar refractivity (Wildman–Crippen MR) is 129 cm³/mol. The van der Waals surface area contributed by atoms with Crippen LogP contribution in [0, 0.1) is 0 Å². The number of methoxy groups -OCH3 is 1. The number of carbonyl (C=O) groups is 3. The number of fused-ring (bicyclic) bond motifs is 1. The van der Waals surface area contributed by atoms with Gasteiger partial charge in [-0.2, -0.15) is 0 Å². The molecule has 1 heterocycles. The third-order valence-corrected chi connectivity index (χ3v) is 5.68. The highest BCUT2D eigenvalue weighted by molar-refractivity contribution is 9.10. The van der Waals surface area contributed by atoms with Crippen LogP contribution in [-0.2, 0) is 20.9 Å². The van der Waals surface area contributed by atoms with Crippen molar-refractivity contribution in [1.29, 1.82) is 0 Å². The summed E-state index contributed by atoms with van der Waals surface area (Å²) < 4.78 is 17.0. The van der Waals surface area contributed by atoms with Gasteiger partial charge in [0.15, 0.2) is 18.1 Å². The lowest BCUT2D eigenvalue weighted by atomic mass is 10.2. The van der Waals surface area contributed by atoms with Crippen LogP contribution in [0.15, 0.2) is 71.2 Å². The Morgan fingerprint density at radius 1 is 1.06 bits per heavy atom. The fourth-order valence-corrected chi connectivity index (χ4v) is 4.01. The molecule has 1 N–H and O–H groups in total. The maximum atomic E-state index is 12.7. The third-order valence-electron chi connectivity index (χ3n) is 5.09. The third kappa shape index (κ3) is 5.20. The highest BCUT2D eigenvalue weighted by Crippen LogP contribution is 2.37. The van der Waals surface area contributed by atoms with Crippen molar-refractivity contribution in [2.45, 2.75) is 6.61 Å². The molecule has 0 atom stereocenters. The predicted octanol–water partition coefficient (Wildman–Crippen LogP) is 4.18. The molecule has 0 unspecified atom stereocenters. The van der Waals surface area contributed by atoms with Crippen LogP contribution >= 0.6 is 15.9 Å². The Hall–Kier alpha value is -3.85. The normalized spacial score (nSPS) is 12.4. The van der Waals surface area contributed by atoms with Crippen LogP contribution in [0.4, 0.5) is 11.4 Å². The van der Waals surface area contributed by atoms with Crippen molar-refractivity contribution in [1.82, 2.24) is 0 Å². The largest absolute Gasteiger partial charge is 0.493 e. The average Bonchev–Trinajstić information content (AvgIpc) is 2.85. The van der Waals surface area contributed by atoms with Gasteiger partial charge in [-0.1, -0.05) is 42.5 Å². The Morgan fingerprint density at radius 2 is 1.79 bits per heavy atom. The second-order valence-electron chi connectivity index (χ2n) is 7.39. The second-order valence-corrected chi connectivity index (χ2v) is 8.24. The molecule has 3 aromatic rings. The number of benzene rings is 3. The number of halogens is 1. The van der Waals surface area contributed by atoms with E-state index in [1.54, 1.807) is 30.3 Å². The molecular weight excluding hydrogens is 504 g/mol. The topological polar surface area (TPSA) is 94.2 Å². The van der Waals surface area contributed by atoms with Crippen molar-refractivity contribution >= 4 is 45.1 Å². The Kier molecular flexibility index (Phi) is 7.12. The van der Waals surface area contributed by atoms with Crippen LogP contribution in [0.5, 0.6) is 11.5 Å². The molecule has 3 aromatic carbocycles. The first-order valence-electron chi connectivity index (χ1n) is 10.4. The van der Waals surface area contributed by atoms with Gasteiger partial charge in [0.25, 0.3) is 5.91 Å². The van der Waals surface area contributed by atoms with Gasteiger partial charge in [0.05, 0.1) is 28.5 Å². The van der Waals surface area contributed by atoms with E-state index in [2.05, 4.69) is 21.2 Å². The lowest BCUT2D eigenvalue weighted by molar-refractivity contribution is -0.124. The van der Waals surface area contributed by atoms with Gasteiger partial charge in [0.1, 0.15) is 13.2 Å². The quantitative estimate of drug-likeness (QED) is 0.466. The first-order valence-corrected chi connectivity index (χ1v) is 11.2. The zero-order valence-corrected chi connectivity index (χ0v) is 19.8. The molecule has 2 amide bonds. The maximum absolute atomic E-state index is 12.7. The number of nitrogens with zero attached hydrogens (tertiary/aromatic N) is 1. The highest BCUT2D eigenvalue weighted by Gasteiger charge is 2.27. The number of rotatable bonds is 7. The summed E-state index contributed by atoms with van der Waals surface area (Å²) in [4.78, 5) is 38.6. The smallest absolute Gasteiger partial charge is 0.338 e. The van der Waals surface area contributed by atoms with Crippen LogP contribution in [0.25, 0.3) is 0 Å². The molecule has 0 spiro atoms. The number of ether oxygens (including phenoxy) is 3. The number of carbonyl (C=O) groups excluding carboxylic acids is 3. The molecule has 0 radical (unpaired) electrons. The number of esters is 1. The molecular formula is C25H21BrN2O6. The van der Waals surface area contributed by atoms with E-state index in [1.165, 1.54) is 18.1 Å². The average molecular weight is 525 g/mol. The molecule has 34 heavy (non-hydrogen) atoms. The van der Waals surface area contributed by atoms with E-state index >= 15 is 0 Å². The zero-order chi connectivity index (χ0) is 24.1. The van der Waals surface area contributed by atoms with Gasteiger partial charge in [0, 0.05) is 0 Å². The molecule has 1 aliphatic rings. The summed E-state index contributed by atoms with van der Waals surface area (Å²) in [5, 5.41) is 2.71. The van der Waals surface area contributed by atoms with Gasteiger partial charge in [-0.15, -0.1) is 0 Å². The molecule has 1 aliphatic heterocycles. The van der Waals surface area contributed by atoms with Crippen molar-refractivity contribution in [2.75, 3.05) is 30.5 Å².